The molecule has 0 fully saturated rings. The van der Waals surface area contributed by atoms with E-state index in [4.69, 9.17) is 5.11 Å². The Morgan fingerprint density at radius 2 is 2.05 bits per heavy atom. The molecular formula is C13H21N3O3. The number of H-pyrrole nitrogens is 1. The fourth-order valence-corrected chi connectivity index (χ4v) is 1.94. The summed E-state index contributed by atoms with van der Waals surface area (Å²) in [5.74, 6) is -1.17. The second-order valence-electron chi connectivity index (χ2n) is 4.76. The predicted molar refractivity (Wildman–Crippen MR) is 70.9 cm³/mol. The van der Waals surface area contributed by atoms with E-state index in [1.807, 2.05) is 27.7 Å². The van der Waals surface area contributed by atoms with Crippen molar-refractivity contribution in [2.45, 2.75) is 46.6 Å². The number of amides is 1. The van der Waals surface area contributed by atoms with Gasteiger partial charge in [-0.3, -0.25) is 14.7 Å². The first-order valence-electron chi connectivity index (χ1n) is 6.38. The lowest BCUT2D eigenvalue weighted by molar-refractivity contribution is -0.145. The van der Waals surface area contributed by atoms with Gasteiger partial charge < -0.3 is 10.0 Å². The quantitative estimate of drug-likeness (QED) is 0.813. The zero-order valence-corrected chi connectivity index (χ0v) is 11.9. The van der Waals surface area contributed by atoms with Crippen molar-refractivity contribution in [2.75, 3.05) is 6.54 Å². The molecule has 6 nitrogen and oxygen atoms in total. The lowest BCUT2D eigenvalue weighted by Gasteiger charge is -2.27. The average Bonchev–Trinajstić information content (AvgIpc) is 2.66. The van der Waals surface area contributed by atoms with Crippen LogP contribution in [-0.2, 0) is 16.0 Å². The molecule has 1 amide bonds. The number of carbonyl (C=O) groups is 2. The van der Waals surface area contributed by atoms with Gasteiger partial charge in [0, 0.05) is 17.3 Å². The fourth-order valence-electron chi connectivity index (χ4n) is 1.94. The molecule has 0 radical (unpaired) electrons. The van der Waals surface area contributed by atoms with Crippen molar-refractivity contribution >= 4 is 11.9 Å². The highest BCUT2D eigenvalue weighted by atomic mass is 16.4. The Bertz CT molecular complexity index is 448. The molecule has 2 N–H and O–H groups in total. The Morgan fingerprint density at radius 3 is 2.47 bits per heavy atom. The van der Waals surface area contributed by atoms with Gasteiger partial charge >= 0.3 is 5.97 Å². The van der Waals surface area contributed by atoms with Crippen LogP contribution in [0.25, 0.3) is 0 Å². The molecule has 1 aromatic heterocycles. The van der Waals surface area contributed by atoms with E-state index in [1.54, 1.807) is 0 Å². The molecule has 0 aliphatic rings. The van der Waals surface area contributed by atoms with Gasteiger partial charge in [0.25, 0.3) is 0 Å². The monoisotopic (exact) mass is 267 g/mol. The van der Waals surface area contributed by atoms with Gasteiger partial charge in [-0.05, 0) is 27.2 Å². The Labute approximate surface area is 112 Å². The topological polar surface area (TPSA) is 86.3 Å². The minimum absolute atomic E-state index is 0.0869. The molecule has 6 heteroatoms. The maximum absolute atomic E-state index is 12.3. The molecule has 0 spiro atoms. The second-order valence-corrected chi connectivity index (χ2v) is 4.76. The lowest BCUT2D eigenvalue weighted by Crippen LogP contribution is -2.42. The number of aliphatic carboxylic acids is 1. The van der Waals surface area contributed by atoms with Crippen molar-refractivity contribution in [2.24, 2.45) is 0 Å². The van der Waals surface area contributed by atoms with Crippen molar-refractivity contribution in [1.29, 1.82) is 0 Å². The second kappa shape index (κ2) is 6.36. The first kappa shape index (κ1) is 15.2. The standard InChI is InChI=1S/C13H21N3O3/c1-5-8(2)16(7-13(18)19)12(17)6-11-9(3)14-15-10(11)4/h8H,5-7H2,1-4H3,(H,14,15)(H,18,19). The summed E-state index contributed by atoms with van der Waals surface area (Å²) >= 11 is 0. The summed E-state index contributed by atoms with van der Waals surface area (Å²) < 4.78 is 0. The van der Waals surface area contributed by atoms with E-state index in [-0.39, 0.29) is 24.9 Å². The van der Waals surface area contributed by atoms with Crippen LogP contribution in [0.5, 0.6) is 0 Å². The third-order valence-electron chi connectivity index (χ3n) is 3.36. The van der Waals surface area contributed by atoms with E-state index < -0.39 is 5.97 Å². The van der Waals surface area contributed by atoms with Crippen molar-refractivity contribution < 1.29 is 14.7 Å². The average molecular weight is 267 g/mol. The summed E-state index contributed by atoms with van der Waals surface area (Å²) in [7, 11) is 0. The van der Waals surface area contributed by atoms with Crippen molar-refractivity contribution in [1.82, 2.24) is 15.1 Å². The number of carboxylic acids is 1. The summed E-state index contributed by atoms with van der Waals surface area (Å²) in [6.45, 7) is 7.21. The summed E-state index contributed by atoms with van der Waals surface area (Å²) in [5, 5.41) is 15.8. The molecule has 0 aliphatic carbocycles. The van der Waals surface area contributed by atoms with E-state index in [9.17, 15) is 9.59 Å². The third-order valence-corrected chi connectivity index (χ3v) is 3.36. The maximum Gasteiger partial charge on any atom is 0.323 e. The van der Waals surface area contributed by atoms with Crippen LogP contribution in [0.1, 0.15) is 37.2 Å². The summed E-state index contributed by atoms with van der Waals surface area (Å²) in [6.07, 6.45) is 0.911. The number of hydrogen-bond donors (Lipinski definition) is 2. The van der Waals surface area contributed by atoms with Crippen molar-refractivity contribution in [3.8, 4) is 0 Å². The van der Waals surface area contributed by atoms with Crippen LogP contribution in [-0.4, -0.2) is 44.7 Å². The van der Waals surface area contributed by atoms with Gasteiger partial charge in [-0.1, -0.05) is 6.92 Å². The molecule has 1 atom stereocenters. The van der Waals surface area contributed by atoms with Gasteiger partial charge in [-0.25, -0.2) is 0 Å². The van der Waals surface area contributed by atoms with Gasteiger partial charge in [0.1, 0.15) is 6.54 Å². The fraction of sp³-hybridized carbons (Fsp3) is 0.615. The number of carbonyl (C=O) groups excluding carboxylic acids is 1. The van der Waals surface area contributed by atoms with Crippen LogP contribution in [0.15, 0.2) is 0 Å². The number of aromatic amines is 1. The first-order valence-corrected chi connectivity index (χ1v) is 6.38. The van der Waals surface area contributed by atoms with Crippen LogP contribution in [0.2, 0.25) is 0 Å². The number of carboxylic acid groups (broad SMARTS) is 1. The molecule has 1 heterocycles. The number of aryl methyl sites for hydroxylation is 2. The van der Waals surface area contributed by atoms with Gasteiger partial charge in [-0.2, -0.15) is 5.10 Å². The minimum atomic E-state index is -0.991. The lowest BCUT2D eigenvalue weighted by atomic mass is 10.1. The third kappa shape index (κ3) is 3.81. The molecule has 0 aromatic carbocycles. The maximum atomic E-state index is 12.3. The number of nitrogens with one attached hydrogen (secondary N) is 1. The number of rotatable bonds is 6. The smallest absolute Gasteiger partial charge is 0.323 e. The molecule has 0 bridgehead atoms. The summed E-state index contributed by atoms with van der Waals surface area (Å²) in [4.78, 5) is 24.5. The zero-order chi connectivity index (χ0) is 14.6. The van der Waals surface area contributed by atoms with Crippen molar-refractivity contribution in [3.63, 3.8) is 0 Å². The molecule has 1 unspecified atom stereocenters. The Kier molecular flexibility index (Phi) is 5.09. The molecule has 1 aromatic rings. The number of hydrogen-bond acceptors (Lipinski definition) is 3. The normalized spacial score (nSPS) is 12.2. The molecule has 0 saturated carbocycles. The van der Waals surface area contributed by atoms with E-state index in [0.717, 1.165) is 23.4 Å². The van der Waals surface area contributed by atoms with Crippen LogP contribution in [0, 0.1) is 13.8 Å². The highest BCUT2D eigenvalue weighted by Gasteiger charge is 2.23. The SMILES string of the molecule is CCC(C)N(CC(=O)O)C(=O)Cc1c(C)n[nH]c1C. The minimum Gasteiger partial charge on any atom is -0.480 e. The first-order chi connectivity index (χ1) is 8.86. The molecule has 1 rings (SSSR count). The molecule has 0 aliphatic heterocycles. The Morgan fingerprint density at radius 1 is 1.42 bits per heavy atom. The number of aromatic nitrogens is 2. The highest BCUT2D eigenvalue weighted by Crippen LogP contribution is 2.13. The summed E-state index contributed by atoms with van der Waals surface area (Å²) in [5.41, 5.74) is 2.49. The van der Waals surface area contributed by atoms with Gasteiger partial charge in [0.15, 0.2) is 0 Å². The van der Waals surface area contributed by atoms with Crippen molar-refractivity contribution in [3.05, 3.63) is 17.0 Å². The van der Waals surface area contributed by atoms with Crippen LogP contribution in [0.4, 0.5) is 0 Å². The Hall–Kier alpha value is -1.85. The van der Waals surface area contributed by atoms with E-state index in [1.165, 1.54) is 4.90 Å². The van der Waals surface area contributed by atoms with E-state index in [0.29, 0.717) is 0 Å². The van der Waals surface area contributed by atoms with Crippen LogP contribution < -0.4 is 0 Å². The molecular weight excluding hydrogens is 246 g/mol. The van der Waals surface area contributed by atoms with Gasteiger partial charge in [-0.15, -0.1) is 0 Å². The predicted octanol–water partition coefficient (Wildman–Crippen LogP) is 1.28. The molecule has 106 valence electrons. The highest BCUT2D eigenvalue weighted by molar-refractivity contribution is 5.83. The zero-order valence-electron chi connectivity index (χ0n) is 11.9. The largest absolute Gasteiger partial charge is 0.480 e. The van der Waals surface area contributed by atoms with E-state index >= 15 is 0 Å². The van der Waals surface area contributed by atoms with Gasteiger partial charge in [0.05, 0.1) is 12.1 Å². The number of nitrogens with zero attached hydrogens (tertiary/aromatic N) is 2. The molecule has 19 heavy (non-hydrogen) atoms. The van der Waals surface area contributed by atoms with Crippen LogP contribution >= 0.6 is 0 Å². The Balaban J connectivity index is 2.85. The van der Waals surface area contributed by atoms with Crippen LogP contribution in [0.3, 0.4) is 0 Å². The van der Waals surface area contributed by atoms with Gasteiger partial charge in [0.2, 0.25) is 5.91 Å². The molecule has 0 saturated heterocycles. The van der Waals surface area contributed by atoms with E-state index in [2.05, 4.69) is 10.2 Å². The summed E-state index contributed by atoms with van der Waals surface area (Å²) in [6, 6.07) is -0.0869.